The smallest absolute Gasteiger partial charge is 0.145 e. The number of methoxy groups -OCH3 is 4. The molecule has 0 unspecified atom stereocenters. The predicted molar refractivity (Wildman–Crippen MR) is 96.1 cm³/mol. The molecule has 0 saturated carbocycles. The third-order valence-corrected chi connectivity index (χ3v) is 3.58. The van der Waals surface area contributed by atoms with E-state index in [4.69, 9.17) is 18.9 Å². The summed E-state index contributed by atoms with van der Waals surface area (Å²) < 4.78 is 21.5. The number of hydrogen-bond donors (Lipinski definition) is 2. The Hall–Kier alpha value is -2.76. The lowest BCUT2D eigenvalue weighted by atomic mass is 10.2. The van der Waals surface area contributed by atoms with Crippen molar-refractivity contribution < 1.29 is 18.9 Å². The van der Waals surface area contributed by atoms with Crippen molar-refractivity contribution in [1.29, 1.82) is 0 Å². The van der Waals surface area contributed by atoms with Crippen molar-refractivity contribution in [2.24, 2.45) is 0 Å². The minimum Gasteiger partial charge on any atom is -0.494 e. The largest absolute Gasteiger partial charge is 0.494 e. The summed E-state index contributed by atoms with van der Waals surface area (Å²) in [5, 5.41) is 6.67. The lowest BCUT2D eigenvalue weighted by molar-refractivity contribution is 0.396. The molecule has 6 nitrogen and oxygen atoms in total. The van der Waals surface area contributed by atoms with Crippen molar-refractivity contribution in [3.8, 4) is 23.0 Å². The average molecular weight is 332 g/mol. The SMILES string of the molecule is COc1cccc(OC)c1NCCNc1c(OC)cccc1OC. The highest BCUT2D eigenvalue weighted by Gasteiger charge is 2.11. The molecule has 2 N–H and O–H groups in total. The molecule has 0 aliphatic heterocycles. The molecule has 0 aromatic heterocycles. The van der Waals surface area contributed by atoms with Crippen molar-refractivity contribution in [2.75, 3.05) is 52.2 Å². The van der Waals surface area contributed by atoms with Gasteiger partial charge in [-0.05, 0) is 24.3 Å². The summed E-state index contributed by atoms with van der Waals surface area (Å²) in [4.78, 5) is 0. The maximum absolute atomic E-state index is 5.37. The maximum atomic E-state index is 5.37. The Kier molecular flexibility index (Phi) is 6.42. The molecule has 2 aromatic carbocycles. The zero-order valence-corrected chi connectivity index (χ0v) is 14.5. The number of hydrogen-bond acceptors (Lipinski definition) is 6. The molecule has 0 heterocycles. The standard InChI is InChI=1S/C18H24N2O4/c1-21-13-7-5-8-14(22-2)17(13)19-11-12-20-18-15(23-3)9-6-10-16(18)24-4/h5-10,19-20H,11-12H2,1-4H3. The van der Waals surface area contributed by atoms with E-state index >= 15 is 0 Å². The van der Waals surface area contributed by atoms with Gasteiger partial charge in [0.2, 0.25) is 0 Å². The second-order valence-electron chi connectivity index (χ2n) is 4.93. The van der Waals surface area contributed by atoms with Gasteiger partial charge in [-0.25, -0.2) is 0 Å². The topological polar surface area (TPSA) is 61.0 Å². The van der Waals surface area contributed by atoms with E-state index in [1.54, 1.807) is 28.4 Å². The molecular weight excluding hydrogens is 308 g/mol. The highest BCUT2D eigenvalue weighted by atomic mass is 16.5. The monoisotopic (exact) mass is 332 g/mol. The van der Waals surface area contributed by atoms with Crippen molar-refractivity contribution in [3.63, 3.8) is 0 Å². The van der Waals surface area contributed by atoms with Gasteiger partial charge in [-0.2, -0.15) is 0 Å². The van der Waals surface area contributed by atoms with Gasteiger partial charge in [0.1, 0.15) is 34.4 Å². The number of rotatable bonds is 9. The molecule has 0 saturated heterocycles. The predicted octanol–water partition coefficient (Wildman–Crippen LogP) is 3.25. The van der Waals surface area contributed by atoms with E-state index in [0.717, 1.165) is 34.4 Å². The summed E-state index contributed by atoms with van der Waals surface area (Å²) in [6, 6.07) is 11.3. The van der Waals surface area contributed by atoms with Crippen LogP contribution < -0.4 is 29.6 Å². The van der Waals surface area contributed by atoms with Crippen LogP contribution in [-0.4, -0.2) is 41.5 Å². The van der Waals surface area contributed by atoms with Gasteiger partial charge in [-0.15, -0.1) is 0 Å². The molecular formula is C18H24N2O4. The van der Waals surface area contributed by atoms with Crippen LogP contribution >= 0.6 is 0 Å². The Balaban J connectivity index is 2.02. The van der Waals surface area contributed by atoms with Gasteiger partial charge in [0.25, 0.3) is 0 Å². The normalized spacial score (nSPS) is 10.0. The molecule has 0 bridgehead atoms. The summed E-state index contributed by atoms with van der Waals surface area (Å²) >= 11 is 0. The van der Waals surface area contributed by atoms with Gasteiger partial charge in [-0.1, -0.05) is 12.1 Å². The fraction of sp³-hybridized carbons (Fsp3) is 0.333. The van der Waals surface area contributed by atoms with Gasteiger partial charge < -0.3 is 29.6 Å². The van der Waals surface area contributed by atoms with E-state index in [2.05, 4.69) is 10.6 Å². The molecule has 0 fully saturated rings. The summed E-state index contributed by atoms with van der Waals surface area (Å²) in [7, 11) is 6.55. The first-order valence-corrected chi connectivity index (χ1v) is 7.64. The van der Waals surface area contributed by atoms with Crippen LogP contribution in [0, 0.1) is 0 Å². The Bertz CT molecular complexity index is 559. The summed E-state index contributed by atoms with van der Waals surface area (Å²) in [5.74, 6) is 2.96. The van der Waals surface area contributed by atoms with E-state index in [0.29, 0.717) is 13.1 Å². The molecule has 0 amide bonds. The van der Waals surface area contributed by atoms with Crippen molar-refractivity contribution in [2.45, 2.75) is 0 Å². The minimum atomic E-state index is 0.665. The fourth-order valence-corrected chi connectivity index (χ4v) is 2.43. The van der Waals surface area contributed by atoms with E-state index in [-0.39, 0.29) is 0 Å². The molecule has 0 aliphatic carbocycles. The van der Waals surface area contributed by atoms with Crippen LogP contribution in [-0.2, 0) is 0 Å². The van der Waals surface area contributed by atoms with Crippen LogP contribution in [0.2, 0.25) is 0 Å². The number of anilines is 2. The van der Waals surface area contributed by atoms with Gasteiger partial charge in [-0.3, -0.25) is 0 Å². The number of benzene rings is 2. The fourth-order valence-electron chi connectivity index (χ4n) is 2.43. The third-order valence-electron chi connectivity index (χ3n) is 3.58. The van der Waals surface area contributed by atoms with Gasteiger partial charge in [0, 0.05) is 13.1 Å². The maximum Gasteiger partial charge on any atom is 0.145 e. The average Bonchev–Trinajstić information content (AvgIpc) is 2.64. The van der Waals surface area contributed by atoms with Crippen LogP contribution in [0.4, 0.5) is 11.4 Å². The highest BCUT2D eigenvalue weighted by molar-refractivity contribution is 5.67. The zero-order valence-electron chi connectivity index (χ0n) is 14.5. The van der Waals surface area contributed by atoms with Crippen LogP contribution in [0.1, 0.15) is 0 Å². The van der Waals surface area contributed by atoms with Crippen LogP contribution in [0.15, 0.2) is 36.4 Å². The molecule has 0 aliphatic rings. The van der Waals surface area contributed by atoms with E-state index < -0.39 is 0 Å². The molecule has 2 rings (SSSR count). The van der Waals surface area contributed by atoms with Crippen LogP contribution in [0.5, 0.6) is 23.0 Å². The molecule has 0 radical (unpaired) electrons. The number of para-hydroxylation sites is 2. The summed E-state index contributed by atoms with van der Waals surface area (Å²) in [6.45, 7) is 1.33. The highest BCUT2D eigenvalue weighted by Crippen LogP contribution is 2.35. The number of ether oxygens (including phenoxy) is 4. The molecule has 0 spiro atoms. The third kappa shape index (κ3) is 3.95. The lowest BCUT2D eigenvalue weighted by Gasteiger charge is -2.17. The minimum absolute atomic E-state index is 0.665. The van der Waals surface area contributed by atoms with Gasteiger partial charge in [0.15, 0.2) is 0 Å². The summed E-state index contributed by atoms with van der Waals surface area (Å²) in [6.07, 6.45) is 0. The zero-order chi connectivity index (χ0) is 17.4. The van der Waals surface area contributed by atoms with Gasteiger partial charge in [0.05, 0.1) is 28.4 Å². The Labute approximate surface area is 142 Å². The molecule has 0 atom stereocenters. The molecule has 24 heavy (non-hydrogen) atoms. The van der Waals surface area contributed by atoms with Crippen LogP contribution in [0.25, 0.3) is 0 Å². The second-order valence-corrected chi connectivity index (χ2v) is 4.93. The number of nitrogens with one attached hydrogen (secondary N) is 2. The Morgan fingerprint density at radius 2 is 0.875 bits per heavy atom. The second kappa shape index (κ2) is 8.76. The van der Waals surface area contributed by atoms with E-state index in [9.17, 15) is 0 Å². The van der Waals surface area contributed by atoms with Gasteiger partial charge >= 0.3 is 0 Å². The van der Waals surface area contributed by atoms with E-state index in [1.165, 1.54) is 0 Å². The first-order chi connectivity index (χ1) is 11.7. The first kappa shape index (κ1) is 17.6. The first-order valence-electron chi connectivity index (χ1n) is 7.64. The summed E-state index contributed by atoms with van der Waals surface area (Å²) in [5.41, 5.74) is 1.66. The molecule has 6 heteroatoms. The van der Waals surface area contributed by atoms with Crippen LogP contribution in [0.3, 0.4) is 0 Å². The Morgan fingerprint density at radius 1 is 0.583 bits per heavy atom. The van der Waals surface area contributed by atoms with Crippen molar-refractivity contribution in [3.05, 3.63) is 36.4 Å². The van der Waals surface area contributed by atoms with Crippen molar-refractivity contribution in [1.82, 2.24) is 0 Å². The Morgan fingerprint density at radius 3 is 1.12 bits per heavy atom. The lowest BCUT2D eigenvalue weighted by Crippen LogP contribution is -2.15. The molecule has 130 valence electrons. The molecule has 2 aromatic rings. The quantitative estimate of drug-likeness (QED) is 0.688. The van der Waals surface area contributed by atoms with Crippen molar-refractivity contribution >= 4 is 11.4 Å². The van der Waals surface area contributed by atoms with E-state index in [1.807, 2.05) is 36.4 Å².